The molecule has 11 saturated heterocycles. The van der Waals surface area contributed by atoms with E-state index in [2.05, 4.69) is 0 Å². The van der Waals surface area contributed by atoms with Gasteiger partial charge in [-0.1, -0.05) is 0 Å². The number of ether oxygens (including phenoxy) is 4. The average Bonchev–Trinajstić information content (AvgIpc) is 1.49. The van der Waals surface area contributed by atoms with E-state index in [1.54, 1.807) is 52.0 Å². The van der Waals surface area contributed by atoms with Crippen LogP contribution in [0.1, 0.15) is 101 Å². The molecule has 48 heteroatoms. The Balaban J connectivity index is 0.00000280. The van der Waals surface area contributed by atoms with Crippen LogP contribution < -0.4 is 43.5 Å². The van der Waals surface area contributed by atoms with E-state index in [4.69, 9.17) is 18.9 Å². The fourth-order valence-electron chi connectivity index (χ4n) is 17.4. The molecule has 2 aromatic carbocycles. The first kappa shape index (κ1) is 78.4. The molecule has 588 valence electrons. The van der Waals surface area contributed by atoms with Crippen molar-refractivity contribution in [2.75, 3.05) is 89.5 Å². The third kappa shape index (κ3) is 11.5. The first-order chi connectivity index (χ1) is 47.9. The minimum Gasteiger partial charge on any atom is -0.748 e. The van der Waals surface area contributed by atoms with E-state index in [1.165, 1.54) is 78.4 Å². The molecule has 0 bridgehead atoms. The number of hydrogen-bond acceptors (Lipinski definition) is 24. The first-order valence-electron chi connectivity index (χ1n) is 33.2. The fourth-order valence-corrected chi connectivity index (χ4v) is 19.6. The van der Waals surface area contributed by atoms with Crippen molar-refractivity contribution in [2.45, 2.75) is 153 Å². The number of benzene rings is 2. The number of urea groups is 8. The Morgan fingerprint density at radius 3 is 0.670 bits per heavy atom. The molecule has 0 unspecified atom stereocenters. The van der Waals surface area contributed by atoms with Crippen LogP contribution in [0.15, 0.2) is 24.3 Å². The predicted molar refractivity (Wildman–Crippen MR) is 359 cm³/mol. The molecule has 0 aliphatic carbocycles. The highest BCUT2D eigenvalue weighted by atomic mass is 32.2. The minimum absolute atomic E-state index is 0. The summed E-state index contributed by atoms with van der Waals surface area (Å²) in [5.74, 6) is -1.71. The molecule has 11 fully saturated rings. The van der Waals surface area contributed by atoms with E-state index in [9.17, 15) is 51.9 Å². The summed E-state index contributed by atoms with van der Waals surface area (Å²) in [6, 6.07) is 0.539. The summed E-state index contributed by atoms with van der Waals surface area (Å²) in [7, 11) is -18.1. The van der Waals surface area contributed by atoms with Crippen LogP contribution in [0.25, 0.3) is 0 Å². The van der Waals surface area contributed by atoms with Crippen LogP contribution in [0.5, 0.6) is 23.0 Å². The van der Waals surface area contributed by atoms with Crippen molar-refractivity contribution in [1.29, 1.82) is 0 Å². The number of hydrogen-bond donors (Lipinski definition) is 4. The molecule has 2 aromatic rings. The third-order valence-electron chi connectivity index (χ3n) is 22.8. The van der Waals surface area contributed by atoms with E-state index in [0.29, 0.717) is 22.3 Å². The van der Waals surface area contributed by atoms with Gasteiger partial charge in [-0.05, 0) is 103 Å². The number of quaternary nitrogens is 4. The highest BCUT2D eigenvalue weighted by Gasteiger charge is 2.80. The highest BCUT2D eigenvalue weighted by Crippen LogP contribution is 2.60. The highest BCUT2D eigenvalue weighted by molar-refractivity contribution is 7.86. The van der Waals surface area contributed by atoms with Crippen LogP contribution in [-0.4, -0.2) is 315 Å². The number of unbranched alkanes of at least 4 members (excludes halogenated alkanes) is 4. The summed E-state index contributed by atoms with van der Waals surface area (Å²) in [4.78, 5) is 147. The maximum Gasteiger partial charge on any atom is 0.326 e. The maximum absolute atomic E-state index is 15.7. The van der Waals surface area contributed by atoms with Crippen molar-refractivity contribution in [3.05, 3.63) is 46.5 Å². The van der Waals surface area contributed by atoms with Gasteiger partial charge >= 0.3 is 48.2 Å². The number of amides is 16. The molecule has 16 amide bonds. The van der Waals surface area contributed by atoms with Crippen molar-refractivity contribution in [2.24, 2.45) is 0 Å². The molecule has 0 saturated carbocycles. The molecular formula is C58H88N20O24S4. The zero-order valence-corrected chi connectivity index (χ0v) is 62.9. The molecule has 0 spiro atoms. The Kier molecular flexibility index (Phi) is 19.7. The first-order valence-corrected chi connectivity index (χ1v) is 39.5. The second kappa shape index (κ2) is 26.6. The Labute approximate surface area is 609 Å². The molecule has 0 atom stereocenters. The quantitative estimate of drug-likeness (QED) is 0.0856. The normalized spacial score (nSPS) is 27.8. The molecule has 15 rings (SSSR count). The van der Waals surface area contributed by atoms with Crippen LogP contribution >= 0.6 is 0 Å². The summed E-state index contributed by atoms with van der Waals surface area (Å²) in [5, 5.41) is 0. The summed E-state index contributed by atoms with van der Waals surface area (Å²) in [6.07, 6.45) is -4.72. The van der Waals surface area contributed by atoms with E-state index in [0.717, 1.165) is 0 Å². The van der Waals surface area contributed by atoms with Gasteiger partial charge in [0.2, 0.25) is 0 Å². The summed E-state index contributed by atoms with van der Waals surface area (Å²) in [6.45, 7) is 1.96. The standard InChI is InChI=1S/C58H76N16O24S4.4H3N/c1-55-57(3)71-31-63-45-43-59(47(63)75)29-61-44-46-65(49(61)77)33-73-53(81)69-27-37-38(42(98-20-8-12-24-102(92,93)94)16-15-41(37)97-19-7-11-23-101(89,90)91)28-70-54(82)74(58(73,4)56(69,70)2)34-66(46)50(78)62(44)30-60(43)48(76)64(45)32-72(57)52(80)68(55)26-36-35(25-67(55)51(71)79)39(95-17-5-9-21-99(83,84)85)13-14-40(36)96-18-6-10-22-100(86,87)88;;;;/h13-16,43-46H,5-12,17-34H2,1-4H3,(H,83,84,85)(H,86,87,88)(H,89,90,91)(H,92,93,94);4*1H3. The Morgan fingerprint density at radius 1 is 0.302 bits per heavy atom. The molecule has 0 radical (unpaired) electrons. The van der Waals surface area contributed by atoms with E-state index >= 15 is 38.4 Å². The number of nitrogens with zero attached hydrogens (tertiary/aromatic N) is 16. The predicted octanol–water partition coefficient (Wildman–Crippen LogP) is 1.59. The summed E-state index contributed by atoms with van der Waals surface area (Å²) in [5.41, 5.74) is -5.22. The molecule has 13 aliphatic heterocycles. The smallest absolute Gasteiger partial charge is 0.326 e. The van der Waals surface area contributed by atoms with Gasteiger partial charge in [-0.25, -0.2) is 72.0 Å². The fraction of sp³-hybridized carbons (Fsp3) is 0.655. The monoisotopic (exact) mass is 1580 g/mol. The Morgan fingerprint density at radius 2 is 0.481 bits per heavy atom. The van der Waals surface area contributed by atoms with E-state index in [1.807, 2.05) is 0 Å². The van der Waals surface area contributed by atoms with Crippen molar-refractivity contribution in [1.82, 2.24) is 103 Å². The van der Waals surface area contributed by atoms with Crippen molar-refractivity contribution < 1.29 is 109 Å². The van der Waals surface area contributed by atoms with E-state index in [-0.39, 0.29) is 152 Å². The SMILES string of the molecule is CC12N3Cc4c(OCCCCS(=O)(=O)[O-])ccc(OCCCCS(=O)(=O)[O-])c4CN1C(=O)N1CN4C(=O)N5CN6C(=O)N7CN8C(=O)N9Cc%10c(OCCCCS(=O)(=O)[O-])ccc(OCCCCS(=O)(=O)[O-])c%10CN%10C(=O)N(CN%11C(=O)N(CN%12C(=O)N(CN(C3=O)C12C)C4C%125)C6C%117)C8(C)C%109C.[NH4+].[NH4+].[NH4+].[NH4+]. The summed E-state index contributed by atoms with van der Waals surface area (Å²) < 4.78 is 162. The van der Waals surface area contributed by atoms with Crippen LogP contribution in [-0.2, 0) is 66.7 Å². The van der Waals surface area contributed by atoms with Gasteiger partial charge in [0.25, 0.3) is 0 Å². The second-order valence-corrected chi connectivity index (χ2v) is 34.1. The molecular weight excluding hydrogens is 1490 g/mol. The van der Waals surface area contributed by atoms with Crippen LogP contribution in [0.2, 0.25) is 0 Å². The zero-order chi connectivity index (χ0) is 72.8. The van der Waals surface area contributed by atoms with Crippen molar-refractivity contribution in [3.63, 3.8) is 0 Å². The third-order valence-corrected chi connectivity index (χ3v) is 26.0. The topological polar surface area (TPSA) is 600 Å². The van der Waals surface area contributed by atoms with Gasteiger partial charge in [0.1, 0.15) is 63.0 Å². The van der Waals surface area contributed by atoms with Gasteiger partial charge in [-0.15, -0.1) is 0 Å². The molecule has 44 nitrogen and oxygen atoms in total. The average molecular weight is 1580 g/mol. The lowest BCUT2D eigenvalue weighted by molar-refractivity contribution is -0.0871. The van der Waals surface area contributed by atoms with Gasteiger partial charge in [0.15, 0.2) is 47.3 Å². The molecule has 13 aliphatic rings. The lowest BCUT2D eigenvalue weighted by Gasteiger charge is -2.49. The van der Waals surface area contributed by atoms with Gasteiger partial charge in [-0.2, -0.15) is 0 Å². The maximum atomic E-state index is 15.7. The lowest BCUT2D eigenvalue weighted by atomic mass is 9.95. The number of carbonyl (C=O) groups is 8. The lowest BCUT2D eigenvalue weighted by Crippen LogP contribution is -2.69. The van der Waals surface area contributed by atoms with Crippen molar-refractivity contribution in [3.8, 4) is 23.0 Å². The Hall–Kier alpha value is -8.72. The molecule has 0 aromatic heterocycles. The Bertz CT molecular complexity index is 3960. The number of fused-ring (bicyclic) bond motifs is 2. The zero-order valence-electron chi connectivity index (χ0n) is 59.6. The van der Waals surface area contributed by atoms with Crippen molar-refractivity contribution >= 4 is 88.7 Å². The van der Waals surface area contributed by atoms with Crippen LogP contribution in [0, 0.1) is 0 Å². The van der Waals surface area contributed by atoms with E-state index < -0.39 is 199 Å². The van der Waals surface area contributed by atoms with Crippen LogP contribution in [0.3, 0.4) is 0 Å². The molecule has 16 N–H and O–H groups in total. The minimum atomic E-state index is -4.53. The van der Waals surface area contributed by atoms with Gasteiger partial charge < -0.3 is 61.8 Å². The molecule has 13 heterocycles. The number of carbonyl (C=O) groups excluding carboxylic acids is 8. The number of rotatable bonds is 24. The largest absolute Gasteiger partial charge is 0.748 e. The summed E-state index contributed by atoms with van der Waals surface area (Å²) >= 11 is 0. The second-order valence-electron chi connectivity index (χ2n) is 28.0. The van der Waals surface area contributed by atoms with Gasteiger partial charge in [0, 0.05) is 45.3 Å². The van der Waals surface area contributed by atoms with Gasteiger partial charge in [0.05, 0.1) is 93.1 Å². The molecule has 106 heavy (non-hydrogen) atoms. The van der Waals surface area contributed by atoms with Gasteiger partial charge in [-0.3, -0.25) is 78.4 Å². The van der Waals surface area contributed by atoms with Crippen LogP contribution in [0.4, 0.5) is 38.4 Å².